The zero-order chi connectivity index (χ0) is 14.7. The minimum atomic E-state index is -0.675. The standard InChI is InChI=1S/C14H23IO4/c1-13(2,3)19-12(16)9-11-8-10(6-7-15)17-14(4,5)18-11/h6-7,10-11H,8-9H2,1-5H3/b7-6+. The van der Waals surface area contributed by atoms with Crippen molar-refractivity contribution in [3.8, 4) is 0 Å². The molecule has 4 nitrogen and oxygen atoms in total. The average molecular weight is 382 g/mol. The lowest BCUT2D eigenvalue weighted by Crippen LogP contribution is -2.45. The molecule has 0 saturated carbocycles. The van der Waals surface area contributed by atoms with E-state index in [0.29, 0.717) is 6.42 Å². The fourth-order valence-corrected chi connectivity index (χ4v) is 2.51. The molecular formula is C14H23IO4. The Morgan fingerprint density at radius 3 is 2.58 bits per heavy atom. The molecule has 0 bridgehead atoms. The van der Waals surface area contributed by atoms with Crippen LogP contribution in [-0.4, -0.2) is 29.6 Å². The van der Waals surface area contributed by atoms with Crippen molar-refractivity contribution in [2.45, 2.75) is 71.1 Å². The van der Waals surface area contributed by atoms with Crippen LogP contribution >= 0.6 is 22.6 Å². The number of hydrogen-bond acceptors (Lipinski definition) is 4. The fourth-order valence-electron chi connectivity index (χ4n) is 2.04. The van der Waals surface area contributed by atoms with Gasteiger partial charge in [0.15, 0.2) is 5.79 Å². The van der Waals surface area contributed by atoms with Gasteiger partial charge in [0.05, 0.1) is 18.6 Å². The van der Waals surface area contributed by atoms with Gasteiger partial charge in [0.25, 0.3) is 0 Å². The maximum Gasteiger partial charge on any atom is 0.308 e. The first-order chi connectivity index (χ1) is 8.61. The smallest absolute Gasteiger partial charge is 0.308 e. The first-order valence-corrected chi connectivity index (χ1v) is 7.70. The first-order valence-electron chi connectivity index (χ1n) is 6.46. The summed E-state index contributed by atoms with van der Waals surface area (Å²) in [6.07, 6.45) is 2.72. The molecule has 1 aliphatic heterocycles. The number of hydrogen-bond donors (Lipinski definition) is 0. The zero-order valence-corrected chi connectivity index (χ0v) is 14.4. The van der Waals surface area contributed by atoms with E-state index in [2.05, 4.69) is 22.6 Å². The molecule has 0 aliphatic carbocycles. The Hall–Kier alpha value is -0.140. The molecule has 110 valence electrons. The molecule has 0 aromatic heterocycles. The van der Waals surface area contributed by atoms with E-state index in [4.69, 9.17) is 14.2 Å². The fraction of sp³-hybridized carbons (Fsp3) is 0.786. The van der Waals surface area contributed by atoms with Crippen LogP contribution in [0, 0.1) is 0 Å². The Kier molecular flexibility index (Phi) is 5.82. The van der Waals surface area contributed by atoms with Crippen molar-refractivity contribution >= 4 is 28.6 Å². The van der Waals surface area contributed by atoms with E-state index in [9.17, 15) is 4.79 Å². The number of halogens is 1. The molecule has 0 N–H and O–H groups in total. The number of carbonyl (C=O) groups excluding carboxylic acids is 1. The van der Waals surface area contributed by atoms with Gasteiger partial charge >= 0.3 is 5.97 Å². The zero-order valence-electron chi connectivity index (χ0n) is 12.2. The van der Waals surface area contributed by atoms with Crippen molar-refractivity contribution in [1.29, 1.82) is 0 Å². The van der Waals surface area contributed by atoms with Gasteiger partial charge in [-0.2, -0.15) is 0 Å². The Morgan fingerprint density at radius 2 is 2.05 bits per heavy atom. The summed E-state index contributed by atoms with van der Waals surface area (Å²) in [6.45, 7) is 9.31. The minimum Gasteiger partial charge on any atom is -0.460 e. The van der Waals surface area contributed by atoms with Gasteiger partial charge in [-0.3, -0.25) is 4.79 Å². The Bertz CT molecular complexity index is 344. The lowest BCUT2D eigenvalue weighted by molar-refractivity contribution is -0.290. The highest BCUT2D eigenvalue weighted by Gasteiger charge is 2.36. The summed E-state index contributed by atoms with van der Waals surface area (Å²) >= 11 is 2.16. The van der Waals surface area contributed by atoms with Crippen LogP contribution in [0.15, 0.2) is 10.2 Å². The third-order valence-electron chi connectivity index (χ3n) is 2.48. The van der Waals surface area contributed by atoms with Crippen LogP contribution < -0.4 is 0 Å². The van der Waals surface area contributed by atoms with Crippen LogP contribution in [0.4, 0.5) is 0 Å². The molecule has 0 radical (unpaired) electrons. The molecule has 19 heavy (non-hydrogen) atoms. The molecule has 2 unspecified atom stereocenters. The first kappa shape index (κ1) is 16.9. The molecule has 0 aromatic carbocycles. The second-order valence-corrected chi connectivity index (χ2v) is 6.86. The van der Waals surface area contributed by atoms with Gasteiger partial charge in [-0.15, -0.1) is 0 Å². The molecular weight excluding hydrogens is 359 g/mol. The Morgan fingerprint density at radius 1 is 1.42 bits per heavy atom. The van der Waals surface area contributed by atoms with Gasteiger partial charge in [0, 0.05) is 6.42 Å². The van der Waals surface area contributed by atoms with E-state index in [1.54, 1.807) is 0 Å². The molecule has 0 aromatic rings. The van der Waals surface area contributed by atoms with Crippen LogP contribution in [0.5, 0.6) is 0 Å². The monoisotopic (exact) mass is 382 g/mol. The summed E-state index contributed by atoms with van der Waals surface area (Å²) in [4.78, 5) is 11.8. The van der Waals surface area contributed by atoms with E-state index in [1.165, 1.54) is 0 Å². The second-order valence-electron chi connectivity index (χ2n) is 6.14. The molecule has 0 spiro atoms. The van der Waals surface area contributed by atoms with Gasteiger partial charge in [-0.1, -0.05) is 22.6 Å². The molecule has 1 saturated heterocycles. The molecule has 5 heteroatoms. The van der Waals surface area contributed by atoms with Gasteiger partial charge < -0.3 is 14.2 Å². The predicted octanol–water partition coefficient (Wildman–Crippen LogP) is 3.58. The molecule has 2 atom stereocenters. The van der Waals surface area contributed by atoms with Crippen LogP contribution in [0.1, 0.15) is 47.5 Å². The third-order valence-corrected chi connectivity index (χ3v) is 2.90. The van der Waals surface area contributed by atoms with Crippen LogP contribution in [0.2, 0.25) is 0 Å². The number of esters is 1. The van der Waals surface area contributed by atoms with E-state index >= 15 is 0 Å². The molecule has 1 fully saturated rings. The van der Waals surface area contributed by atoms with E-state index in [0.717, 1.165) is 0 Å². The number of rotatable bonds is 3. The maximum absolute atomic E-state index is 11.8. The van der Waals surface area contributed by atoms with Crippen LogP contribution in [0.3, 0.4) is 0 Å². The lowest BCUT2D eigenvalue weighted by Gasteiger charge is -2.39. The van der Waals surface area contributed by atoms with E-state index in [1.807, 2.05) is 44.8 Å². The summed E-state index contributed by atoms with van der Waals surface area (Å²) < 4.78 is 18.8. The van der Waals surface area contributed by atoms with Crippen molar-refractivity contribution in [2.75, 3.05) is 0 Å². The van der Waals surface area contributed by atoms with Crippen molar-refractivity contribution in [2.24, 2.45) is 0 Å². The van der Waals surface area contributed by atoms with Crippen molar-refractivity contribution in [3.05, 3.63) is 10.2 Å². The van der Waals surface area contributed by atoms with Crippen LogP contribution in [0.25, 0.3) is 0 Å². The maximum atomic E-state index is 11.8. The van der Waals surface area contributed by atoms with Gasteiger partial charge in [-0.25, -0.2) is 0 Å². The third kappa shape index (κ3) is 6.72. The largest absolute Gasteiger partial charge is 0.460 e. The highest BCUT2D eigenvalue weighted by atomic mass is 127. The van der Waals surface area contributed by atoms with Crippen molar-refractivity contribution in [1.82, 2.24) is 0 Å². The molecule has 0 amide bonds. The van der Waals surface area contributed by atoms with Gasteiger partial charge in [0.2, 0.25) is 0 Å². The predicted molar refractivity (Wildman–Crippen MR) is 82.1 cm³/mol. The highest BCUT2D eigenvalue weighted by molar-refractivity contribution is 14.1. The minimum absolute atomic E-state index is 0.0203. The topological polar surface area (TPSA) is 44.8 Å². The molecule has 1 aliphatic rings. The average Bonchev–Trinajstić information content (AvgIpc) is 2.10. The van der Waals surface area contributed by atoms with Crippen molar-refractivity contribution < 1.29 is 19.0 Å². The summed E-state index contributed by atoms with van der Waals surface area (Å²) in [6, 6.07) is 0. The van der Waals surface area contributed by atoms with E-state index in [-0.39, 0.29) is 24.6 Å². The number of ether oxygens (including phenoxy) is 3. The van der Waals surface area contributed by atoms with Crippen molar-refractivity contribution in [3.63, 3.8) is 0 Å². The highest BCUT2D eigenvalue weighted by Crippen LogP contribution is 2.29. The summed E-state index contributed by atoms with van der Waals surface area (Å²) in [5.74, 6) is -0.904. The Labute approximate surface area is 129 Å². The van der Waals surface area contributed by atoms with Gasteiger partial charge in [0.1, 0.15) is 5.60 Å². The van der Waals surface area contributed by atoms with Crippen LogP contribution in [-0.2, 0) is 19.0 Å². The molecule has 1 rings (SSSR count). The lowest BCUT2D eigenvalue weighted by atomic mass is 10.1. The molecule has 1 heterocycles. The Balaban J connectivity index is 2.59. The SMILES string of the molecule is CC(C)(C)OC(=O)CC1CC(/C=C/I)OC(C)(C)O1. The summed E-state index contributed by atoms with van der Waals surface area (Å²) in [7, 11) is 0. The second kappa shape index (κ2) is 6.54. The van der Waals surface area contributed by atoms with E-state index < -0.39 is 11.4 Å². The normalized spacial score (nSPS) is 27.5. The summed E-state index contributed by atoms with van der Waals surface area (Å²) in [5.41, 5.74) is -0.459. The quantitative estimate of drug-likeness (QED) is 0.553. The summed E-state index contributed by atoms with van der Waals surface area (Å²) in [5, 5.41) is 0. The van der Waals surface area contributed by atoms with Gasteiger partial charge in [-0.05, 0) is 44.8 Å². The number of carbonyl (C=O) groups is 1.